The van der Waals surface area contributed by atoms with Gasteiger partial charge in [0, 0.05) is 13.0 Å². The van der Waals surface area contributed by atoms with Gasteiger partial charge < -0.3 is 20.1 Å². The lowest BCUT2D eigenvalue weighted by Crippen LogP contribution is -2.46. The lowest BCUT2D eigenvalue weighted by Gasteiger charge is -2.28. The Hall–Kier alpha value is -2.93. The number of nitrogens with one attached hydrogen (secondary N) is 1. The second-order valence-electron chi connectivity index (χ2n) is 10.2. The van der Waals surface area contributed by atoms with Gasteiger partial charge in [0.2, 0.25) is 11.8 Å². The van der Waals surface area contributed by atoms with Crippen molar-refractivity contribution in [3.63, 3.8) is 0 Å². The Morgan fingerprint density at radius 1 is 1.16 bits per heavy atom. The third-order valence-corrected chi connectivity index (χ3v) is 7.07. The third kappa shape index (κ3) is 9.80. The summed E-state index contributed by atoms with van der Waals surface area (Å²) in [5.74, 6) is -1.51. The van der Waals surface area contributed by atoms with Crippen LogP contribution in [0.25, 0.3) is 0 Å². The molecule has 7 heteroatoms. The molecule has 1 aliphatic heterocycles. The van der Waals surface area contributed by atoms with E-state index in [9.17, 15) is 19.5 Å². The van der Waals surface area contributed by atoms with E-state index >= 15 is 0 Å². The van der Waals surface area contributed by atoms with Crippen molar-refractivity contribution in [3.8, 4) is 0 Å². The number of esters is 1. The molecule has 4 atom stereocenters. The summed E-state index contributed by atoms with van der Waals surface area (Å²) in [6.07, 6.45) is 7.43. The number of carbonyl (C=O) groups excluding carboxylic acids is 3. The molecule has 0 bridgehead atoms. The Kier molecular flexibility index (Phi) is 13.1. The Morgan fingerprint density at radius 3 is 2.51 bits per heavy atom. The summed E-state index contributed by atoms with van der Waals surface area (Å²) in [6.45, 7) is 12.0. The number of ether oxygens (including phenoxy) is 1. The summed E-state index contributed by atoms with van der Waals surface area (Å²) in [6, 6.07) is 9.29. The van der Waals surface area contributed by atoms with Crippen molar-refractivity contribution in [2.45, 2.75) is 70.9 Å². The first-order chi connectivity index (χ1) is 17.8. The Morgan fingerprint density at radius 2 is 1.89 bits per heavy atom. The van der Waals surface area contributed by atoms with Crippen molar-refractivity contribution in [1.29, 1.82) is 0 Å². The molecule has 2 amide bonds. The van der Waals surface area contributed by atoms with Crippen LogP contribution in [-0.2, 0) is 25.5 Å². The molecule has 7 nitrogen and oxygen atoms in total. The van der Waals surface area contributed by atoms with Gasteiger partial charge >= 0.3 is 5.97 Å². The monoisotopic (exact) mass is 512 g/mol. The lowest BCUT2D eigenvalue weighted by molar-refractivity contribution is -0.150. The number of allylic oxidation sites excluding steroid dienone is 2. The molecule has 1 heterocycles. The Balaban J connectivity index is 1.99. The van der Waals surface area contributed by atoms with Gasteiger partial charge in [0.05, 0.1) is 30.5 Å². The number of carbonyl (C=O) groups is 3. The summed E-state index contributed by atoms with van der Waals surface area (Å²) in [4.78, 5) is 40.7. The predicted octanol–water partition coefficient (Wildman–Crippen LogP) is 4.06. The standard InChI is InChI=1S/C30H44N2O5/c1-5-7-15-25(18-23-13-9-8-10-14-23)30(36)37-21-27(22(3)4)31-29(35)24(12-6-2)19-28(34)32-17-11-16-26(32)20-33/h5-6,8-10,13-14,22,24-27,33H,1-2,7,11-12,15-21H2,3-4H3,(H,31,35). The first kappa shape index (κ1) is 30.3. The smallest absolute Gasteiger partial charge is 0.309 e. The molecule has 1 aromatic carbocycles. The van der Waals surface area contributed by atoms with Crippen LogP contribution < -0.4 is 5.32 Å². The molecule has 4 unspecified atom stereocenters. The van der Waals surface area contributed by atoms with Gasteiger partial charge in [-0.05, 0) is 50.0 Å². The number of nitrogens with zero attached hydrogens (tertiary/aromatic N) is 1. The maximum absolute atomic E-state index is 13.2. The zero-order valence-corrected chi connectivity index (χ0v) is 22.4. The van der Waals surface area contributed by atoms with Gasteiger partial charge in [-0.3, -0.25) is 14.4 Å². The summed E-state index contributed by atoms with van der Waals surface area (Å²) < 4.78 is 5.72. The van der Waals surface area contributed by atoms with Crippen LogP contribution in [-0.4, -0.2) is 59.6 Å². The summed E-state index contributed by atoms with van der Waals surface area (Å²) in [7, 11) is 0. The molecule has 1 aromatic rings. The fourth-order valence-corrected chi connectivity index (χ4v) is 4.68. The highest BCUT2D eigenvalue weighted by molar-refractivity contribution is 5.86. The van der Waals surface area contributed by atoms with Gasteiger partial charge in [-0.15, -0.1) is 13.2 Å². The van der Waals surface area contributed by atoms with Crippen LogP contribution in [0.15, 0.2) is 55.6 Å². The number of hydrogen-bond donors (Lipinski definition) is 2. The zero-order valence-electron chi connectivity index (χ0n) is 22.4. The van der Waals surface area contributed by atoms with Crippen LogP contribution in [0.4, 0.5) is 0 Å². The first-order valence-electron chi connectivity index (χ1n) is 13.4. The van der Waals surface area contributed by atoms with Crippen LogP contribution in [0.1, 0.15) is 57.9 Å². The summed E-state index contributed by atoms with van der Waals surface area (Å²) in [5.41, 5.74) is 1.07. The number of hydrogen-bond acceptors (Lipinski definition) is 5. The van der Waals surface area contributed by atoms with Gasteiger partial charge in [0.15, 0.2) is 0 Å². The molecule has 0 aromatic heterocycles. The van der Waals surface area contributed by atoms with Crippen LogP contribution in [0.3, 0.4) is 0 Å². The quantitative estimate of drug-likeness (QED) is 0.257. The van der Waals surface area contributed by atoms with E-state index in [-0.39, 0.29) is 61.3 Å². The average molecular weight is 513 g/mol. The summed E-state index contributed by atoms with van der Waals surface area (Å²) in [5, 5.41) is 12.6. The van der Waals surface area contributed by atoms with E-state index in [1.807, 2.05) is 44.2 Å². The average Bonchev–Trinajstić information content (AvgIpc) is 3.38. The van der Waals surface area contributed by atoms with Crippen LogP contribution in [0.2, 0.25) is 0 Å². The van der Waals surface area contributed by atoms with Crippen molar-refractivity contribution in [2.24, 2.45) is 17.8 Å². The largest absolute Gasteiger partial charge is 0.463 e. The lowest BCUT2D eigenvalue weighted by atomic mass is 9.94. The molecule has 1 aliphatic rings. The first-order valence-corrected chi connectivity index (χ1v) is 13.4. The molecule has 0 aliphatic carbocycles. The number of rotatable bonds is 16. The maximum atomic E-state index is 13.2. The SMILES string of the molecule is C=CCCC(Cc1ccccc1)C(=O)OCC(NC(=O)C(CC=C)CC(=O)N1CCCC1CO)C(C)C. The van der Waals surface area contributed by atoms with Gasteiger partial charge in [-0.1, -0.05) is 56.3 Å². The fourth-order valence-electron chi connectivity index (χ4n) is 4.68. The van der Waals surface area contributed by atoms with E-state index in [0.29, 0.717) is 32.2 Å². The molecule has 1 fully saturated rings. The minimum atomic E-state index is -0.569. The Labute approximate surface area is 222 Å². The summed E-state index contributed by atoms with van der Waals surface area (Å²) >= 11 is 0. The minimum Gasteiger partial charge on any atom is -0.463 e. The topological polar surface area (TPSA) is 95.9 Å². The number of likely N-dealkylation sites (tertiary alicyclic amines) is 1. The number of aliphatic hydroxyl groups excluding tert-OH is 1. The van der Waals surface area contributed by atoms with Crippen molar-refractivity contribution in [2.75, 3.05) is 19.8 Å². The van der Waals surface area contributed by atoms with Gasteiger partial charge in [-0.25, -0.2) is 0 Å². The van der Waals surface area contributed by atoms with Gasteiger partial charge in [0.25, 0.3) is 0 Å². The second-order valence-corrected chi connectivity index (χ2v) is 10.2. The molecule has 0 spiro atoms. The van der Waals surface area contributed by atoms with E-state index in [2.05, 4.69) is 18.5 Å². The highest BCUT2D eigenvalue weighted by Gasteiger charge is 2.32. The molecule has 2 rings (SSSR count). The van der Waals surface area contributed by atoms with Crippen LogP contribution in [0, 0.1) is 17.8 Å². The highest BCUT2D eigenvalue weighted by atomic mass is 16.5. The highest BCUT2D eigenvalue weighted by Crippen LogP contribution is 2.22. The number of aliphatic hydroxyl groups is 1. The van der Waals surface area contributed by atoms with Crippen molar-refractivity contribution in [3.05, 3.63) is 61.2 Å². The van der Waals surface area contributed by atoms with Crippen LogP contribution in [0.5, 0.6) is 0 Å². The molecule has 37 heavy (non-hydrogen) atoms. The normalized spacial score (nSPS) is 17.6. The molecule has 204 valence electrons. The second kappa shape index (κ2) is 16.0. The Bertz CT molecular complexity index is 885. The molecular weight excluding hydrogens is 468 g/mol. The van der Waals surface area contributed by atoms with Crippen molar-refractivity contribution < 1.29 is 24.2 Å². The zero-order chi connectivity index (χ0) is 27.2. The molecule has 0 radical (unpaired) electrons. The van der Waals surface area contributed by atoms with Crippen molar-refractivity contribution in [1.82, 2.24) is 10.2 Å². The maximum Gasteiger partial charge on any atom is 0.309 e. The predicted molar refractivity (Wildman–Crippen MR) is 146 cm³/mol. The van der Waals surface area contributed by atoms with Crippen LogP contribution >= 0.6 is 0 Å². The van der Waals surface area contributed by atoms with E-state index in [1.54, 1.807) is 17.1 Å². The van der Waals surface area contributed by atoms with Gasteiger partial charge in [0.1, 0.15) is 6.61 Å². The van der Waals surface area contributed by atoms with Crippen molar-refractivity contribution >= 4 is 17.8 Å². The molecule has 0 saturated carbocycles. The minimum absolute atomic E-state index is 0.0231. The fraction of sp³-hybridized carbons (Fsp3) is 0.567. The third-order valence-electron chi connectivity index (χ3n) is 7.07. The van der Waals surface area contributed by atoms with E-state index in [0.717, 1.165) is 18.4 Å². The molecule has 1 saturated heterocycles. The van der Waals surface area contributed by atoms with E-state index in [4.69, 9.17) is 4.74 Å². The molecule has 2 N–H and O–H groups in total. The molecular formula is C30H44N2O5. The van der Waals surface area contributed by atoms with E-state index in [1.165, 1.54) is 0 Å². The van der Waals surface area contributed by atoms with E-state index < -0.39 is 5.92 Å². The number of amides is 2. The number of benzene rings is 1. The van der Waals surface area contributed by atoms with Gasteiger partial charge in [-0.2, -0.15) is 0 Å².